The van der Waals surface area contributed by atoms with Crippen LogP contribution in [0.5, 0.6) is 0 Å². The van der Waals surface area contributed by atoms with Crippen LogP contribution in [0.25, 0.3) is 0 Å². The third-order valence-electron chi connectivity index (χ3n) is 3.39. The summed E-state index contributed by atoms with van der Waals surface area (Å²) in [4.78, 5) is 0. The Morgan fingerprint density at radius 2 is 1.94 bits per heavy atom. The van der Waals surface area contributed by atoms with Crippen LogP contribution in [0, 0.1) is 11.8 Å². The number of hydrogen-bond donors (Lipinski definition) is 2. The Balaban J connectivity index is 2.63. The Morgan fingerprint density at radius 3 is 2.50 bits per heavy atom. The highest BCUT2D eigenvalue weighted by atomic mass is 32.2. The molecule has 0 aromatic carbocycles. The van der Waals surface area contributed by atoms with E-state index >= 15 is 0 Å². The van der Waals surface area contributed by atoms with E-state index < -0.39 is 10.0 Å². The normalized spacial score (nSPS) is 27.2. The van der Waals surface area contributed by atoms with Gasteiger partial charge in [0.2, 0.25) is 10.0 Å². The third-order valence-corrected chi connectivity index (χ3v) is 4.83. The number of hydrogen-bond acceptors (Lipinski definition) is 3. The van der Waals surface area contributed by atoms with Crippen LogP contribution in [0.2, 0.25) is 0 Å². The van der Waals surface area contributed by atoms with Gasteiger partial charge in [0.15, 0.2) is 0 Å². The molecule has 1 aliphatic rings. The van der Waals surface area contributed by atoms with Gasteiger partial charge >= 0.3 is 0 Å². The van der Waals surface area contributed by atoms with Gasteiger partial charge in [-0.2, -0.15) is 0 Å². The van der Waals surface area contributed by atoms with Crippen molar-refractivity contribution < 1.29 is 8.42 Å². The Labute approximate surface area is 99.0 Å². The topological polar surface area (TPSA) is 72.2 Å². The van der Waals surface area contributed by atoms with Crippen molar-refractivity contribution in [1.82, 2.24) is 4.72 Å². The first-order chi connectivity index (χ1) is 7.46. The van der Waals surface area contributed by atoms with Crippen LogP contribution < -0.4 is 10.5 Å². The molecule has 0 heterocycles. The third kappa shape index (κ3) is 4.03. The Bertz CT molecular complexity index is 301. The van der Waals surface area contributed by atoms with Crippen LogP contribution in [0.1, 0.15) is 39.5 Å². The van der Waals surface area contributed by atoms with E-state index in [4.69, 9.17) is 5.73 Å². The maximum absolute atomic E-state index is 11.7. The van der Waals surface area contributed by atoms with Crippen molar-refractivity contribution in [2.75, 3.05) is 12.3 Å². The van der Waals surface area contributed by atoms with Gasteiger partial charge in [-0.1, -0.05) is 26.7 Å². The first kappa shape index (κ1) is 13.9. The van der Waals surface area contributed by atoms with Crippen LogP contribution in [0.15, 0.2) is 0 Å². The van der Waals surface area contributed by atoms with E-state index in [1.807, 2.05) is 0 Å². The van der Waals surface area contributed by atoms with E-state index in [0.29, 0.717) is 11.8 Å². The molecule has 1 saturated carbocycles. The number of rotatable bonds is 5. The van der Waals surface area contributed by atoms with E-state index in [9.17, 15) is 8.42 Å². The molecule has 1 aliphatic carbocycles. The predicted octanol–water partition coefficient (Wildman–Crippen LogP) is 1.08. The van der Waals surface area contributed by atoms with Gasteiger partial charge in [-0.05, 0) is 24.7 Å². The highest BCUT2D eigenvalue weighted by molar-refractivity contribution is 7.89. The highest BCUT2D eigenvalue weighted by Crippen LogP contribution is 2.30. The van der Waals surface area contributed by atoms with E-state index in [1.165, 1.54) is 6.42 Å². The van der Waals surface area contributed by atoms with Crippen molar-refractivity contribution in [3.05, 3.63) is 0 Å². The lowest BCUT2D eigenvalue weighted by Crippen LogP contribution is -2.45. The van der Waals surface area contributed by atoms with Gasteiger partial charge < -0.3 is 5.73 Å². The molecule has 0 radical (unpaired) electrons. The van der Waals surface area contributed by atoms with Crippen LogP contribution in [-0.4, -0.2) is 26.8 Å². The van der Waals surface area contributed by atoms with Gasteiger partial charge in [0.25, 0.3) is 0 Å². The summed E-state index contributed by atoms with van der Waals surface area (Å²) < 4.78 is 26.2. The first-order valence-electron chi connectivity index (χ1n) is 6.16. The van der Waals surface area contributed by atoms with Crippen molar-refractivity contribution in [3.63, 3.8) is 0 Å². The smallest absolute Gasteiger partial charge is 0.213 e. The summed E-state index contributed by atoms with van der Waals surface area (Å²) in [5.74, 6) is 1.04. The lowest BCUT2D eigenvalue weighted by molar-refractivity contribution is 0.226. The Kier molecular flexibility index (Phi) is 5.21. The molecular weight excluding hydrogens is 224 g/mol. The van der Waals surface area contributed by atoms with Crippen molar-refractivity contribution in [3.8, 4) is 0 Å². The molecule has 0 bridgehead atoms. The number of nitrogens with two attached hydrogens (primary N) is 1. The van der Waals surface area contributed by atoms with Crippen molar-refractivity contribution >= 4 is 10.0 Å². The van der Waals surface area contributed by atoms with E-state index in [2.05, 4.69) is 18.6 Å². The molecule has 96 valence electrons. The van der Waals surface area contributed by atoms with E-state index in [0.717, 1.165) is 19.3 Å². The lowest BCUT2D eigenvalue weighted by Gasteiger charge is -2.34. The fourth-order valence-electron chi connectivity index (χ4n) is 2.55. The molecule has 1 rings (SSSR count). The Morgan fingerprint density at radius 1 is 1.31 bits per heavy atom. The van der Waals surface area contributed by atoms with Crippen LogP contribution >= 0.6 is 0 Å². The minimum atomic E-state index is -3.17. The maximum atomic E-state index is 11.7. The zero-order valence-electron chi connectivity index (χ0n) is 10.3. The largest absolute Gasteiger partial charge is 0.329 e. The van der Waals surface area contributed by atoms with E-state index in [-0.39, 0.29) is 18.3 Å². The second-order valence-electron chi connectivity index (χ2n) is 5.02. The zero-order chi connectivity index (χ0) is 12.2. The molecule has 0 spiro atoms. The van der Waals surface area contributed by atoms with Gasteiger partial charge in [0.05, 0.1) is 5.75 Å². The van der Waals surface area contributed by atoms with Gasteiger partial charge in [-0.15, -0.1) is 0 Å². The number of sulfonamides is 1. The fourth-order valence-corrected chi connectivity index (χ4v) is 3.73. The van der Waals surface area contributed by atoms with Gasteiger partial charge in [0.1, 0.15) is 0 Å². The minimum Gasteiger partial charge on any atom is -0.329 e. The molecule has 4 nitrogen and oxygen atoms in total. The number of nitrogens with one attached hydrogen (secondary N) is 1. The average molecular weight is 248 g/mol. The SMILES string of the molecule is CC(C)C1CCCCC1NS(=O)(=O)CCN. The predicted molar refractivity (Wildman–Crippen MR) is 66.6 cm³/mol. The summed E-state index contributed by atoms with van der Waals surface area (Å²) >= 11 is 0. The summed E-state index contributed by atoms with van der Waals surface area (Å²) in [5.41, 5.74) is 5.30. The minimum absolute atomic E-state index is 0.0360. The fraction of sp³-hybridized carbons (Fsp3) is 1.00. The molecule has 1 fully saturated rings. The Hall–Kier alpha value is -0.130. The average Bonchev–Trinajstić information content (AvgIpc) is 2.17. The van der Waals surface area contributed by atoms with Crippen LogP contribution in [0.3, 0.4) is 0 Å². The quantitative estimate of drug-likeness (QED) is 0.764. The second kappa shape index (κ2) is 5.98. The summed E-state index contributed by atoms with van der Waals surface area (Å²) in [6.07, 6.45) is 4.44. The van der Waals surface area contributed by atoms with E-state index in [1.54, 1.807) is 0 Å². The standard InChI is InChI=1S/C11H24N2O2S/c1-9(2)10-5-3-4-6-11(10)13-16(14,15)8-7-12/h9-11,13H,3-8,12H2,1-2H3. The summed E-state index contributed by atoms with van der Waals surface area (Å²) in [5, 5.41) is 0. The van der Waals surface area contributed by atoms with Gasteiger partial charge in [-0.3, -0.25) is 0 Å². The van der Waals surface area contributed by atoms with Crippen molar-refractivity contribution in [2.45, 2.75) is 45.6 Å². The molecule has 0 aliphatic heterocycles. The molecule has 0 saturated heterocycles. The monoisotopic (exact) mass is 248 g/mol. The van der Waals surface area contributed by atoms with Crippen LogP contribution in [0.4, 0.5) is 0 Å². The zero-order valence-corrected chi connectivity index (χ0v) is 11.1. The molecule has 2 unspecified atom stereocenters. The summed E-state index contributed by atoms with van der Waals surface area (Å²) in [6, 6.07) is 0.116. The summed E-state index contributed by atoms with van der Waals surface area (Å²) in [6.45, 7) is 4.52. The van der Waals surface area contributed by atoms with Crippen molar-refractivity contribution in [2.24, 2.45) is 17.6 Å². The van der Waals surface area contributed by atoms with Gasteiger partial charge in [0, 0.05) is 12.6 Å². The molecule has 3 N–H and O–H groups in total. The van der Waals surface area contributed by atoms with Crippen molar-refractivity contribution in [1.29, 1.82) is 0 Å². The lowest BCUT2D eigenvalue weighted by atomic mass is 9.78. The first-order valence-corrected chi connectivity index (χ1v) is 7.81. The summed E-state index contributed by atoms with van der Waals surface area (Å²) in [7, 11) is -3.17. The molecule has 0 amide bonds. The highest BCUT2D eigenvalue weighted by Gasteiger charge is 2.30. The molecule has 5 heteroatoms. The van der Waals surface area contributed by atoms with Gasteiger partial charge in [-0.25, -0.2) is 13.1 Å². The second-order valence-corrected chi connectivity index (χ2v) is 6.90. The molecule has 0 aromatic heterocycles. The molecule has 2 atom stereocenters. The molecular formula is C11H24N2O2S. The molecule has 0 aromatic rings. The van der Waals surface area contributed by atoms with Crippen LogP contribution in [-0.2, 0) is 10.0 Å². The molecule has 16 heavy (non-hydrogen) atoms. The maximum Gasteiger partial charge on any atom is 0.213 e.